The minimum absolute atomic E-state index is 0.0443. The van der Waals surface area contributed by atoms with Crippen LogP contribution in [0.4, 0.5) is 14.4 Å². The highest BCUT2D eigenvalue weighted by molar-refractivity contribution is 5.75. The number of ether oxygens (including phenoxy) is 6. The Labute approximate surface area is 235 Å². The molecule has 0 saturated carbocycles. The van der Waals surface area contributed by atoms with E-state index >= 15 is 0 Å². The Hall–Kier alpha value is -3.54. The van der Waals surface area contributed by atoms with Gasteiger partial charge in [0.2, 0.25) is 0 Å². The van der Waals surface area contributed by atoms with Crippen LogP contribution in [0.2, 0.25) is 0 Å². The lowest BCUT2D eigenvalue weighted by Crippen LogP contribution is -2.40. The van der Waals surface area contributed by atoms with Crippen molar-refractivity contribution in [1.82, 2.24) is 0 Å². The van der Waals surface area contributed by atoms with Gasteiger partial charge in [0.05, 0.1) is 25.9 Å². The van der Waals surface area contributed by atoms with E-state index in [0.29, 0.717) is 5.56 Å². The summed E-state index contributed by atoms with van der Waals surface area (Å²) in [6.45, 7) is 16.0. The highest BCUT2D eigenvalue weighted by atomic mass is 16.7. The van der Waals surface area contributed by atoms with Gasteiger partial charge in [0, 0.05) is 5.92 Å². The zero-order valence-electron chi connectivity index (χ0n) is 24.8. The van der Waals surface area contributed by atoms with Gasteiger partial charge < -0.3 is 39.3 Å². The van der Waals surface area contributed by atoms with Gasteiger partial charge in [-0.1, -0.05) is 54.5 Å². The largest absolute Gasteiger partial charge is 0.513 e. The molecule has 0 aromatic heterocycles. The number of benzene rings is 1. The van der Waals surface area contributed by atoms with Crippen molar-refractivity contribution in [1.29, 1.82) is 0 Å². The van der Waals surface area contributed by atoms with Crippen LogP contribution in [0.3, 0.4) is 0 Å². The van der Waals surface area contributed by atoms with Crippen molar-refractivity contribution < 1.29 is 52.7 Å². The van der Waals surface area contributed by atoms with Gasteiger partial charge >= 0.3 is 24.4 Å². The van der Waals surface area contributed by atoms with E-state index in [0.717, 1.165) is 0 Å². The number of carbonyl (C=O) groups is 4. The number of rotatable bonds is 11. The summed E-state index contributed by atoms with van der Waals surface area (Å²) in [5.74, 6) is -3.23. The van der Waals surface area contributed by atoms with Gasteiger partial charge in [-0.2, -0.15) is 0 Å². The summed E-state index contributed by atoms with van der Waals surface area (Å²) in [5.41, 5.74) is 5.67. The summed E-state index contributed by atoms with van der Waals surface area (Å²) >= 11 is 0. The minimum atomic E-state index is -1.43. The molecule has 3 N–H and O–H groups in total. The fraction of sp³-hybridized carbons (Fsp3) is 0.643. The first-order valence-corrected chi connectivity index (χ1v) is 12.9. The van der Waals surface area contributed by atoms with E-state index in [4.69, 9.17) is 34.2 Å². The summed E-state index contributed by atoms with van der Waals surface area (Å²) in [6.07, 6.45) is -3.40. The van der Waals surface area contributed by atoms with Crippen LogP contribution in [-0.4, -0.2) is 61.5 Å². The maximum Gasteiger partial charge on any atom is 0.513 e. The van der Waals surface area contributed by atoms with E-state index in [1.807, 2.05) is 41.5 Å². The molecule has 0 spiro atoms. The average Bonchev–Trinajstić information content (AvgIpc) is 2.80. The molecule has 12 nitrogen and oxygen atoms in total. The second kappa shape index (κ2) is 14.7. The lowest BCUT2D eigenvalue weighted by molar-refractivity contribution is -0.139. The van der Waals surface area contributed by atoms with Crippen LogP contribution in [0.25, 0.3) is 0 Å². The number of hydrogen-bond acceptors (Lipinski definition) is 11. The number of carboxylic acids is 1. The van der Waals surface area contributed by atoms with Crippen molar-refractivity contribution in [2.24, 2.45) is 22.5 Å². The number of carbonyl (C=O) groups excluding carboxylic acids is 3. The molecule has 0 fully saturated rings. The summed E-state index contributed by atoms with van der Waals surface area (Å²) < 4.78 is 31.0. The van der Waals surface area contributed by atoms with Crippen molar-refractivity contribution in [3.05, 3.63) is 23.8 Å². The molecule has 12 heteroatoms. The number of hydrogen-bond donors (Lipinski definition) is 2. The Kier molecular flexibility index (Phi) is 12.7. The summed E-state index contributed by atoms with van der Waals surface area (Å²) in [4.78, 5) is 48.5. The van der Waals surface area contributed by atoms with Crippen LogP contribution in [0.15, 0.2) is 18.2 Å². The third-order valence-electron chi connectivity index (χ3n) is 5.07. The Balaban J connectivity index is 3.35. The summed E-state index contributed by atoms with van der Waals surface area (Å²) in [6, 6.07) is 2.68. The quantitative estimate of drug-likeness (QED) is 0.195. The molecule has 0 saturated heterocycles. The van der Waals surface area contributed by atoms with Gasteiger partial charge in [-0.3, -0.25) is 4.79 Å². The van der Waals surface area contributed by atoms with E-state index in [1.165, 1.54) is 18.2 Å². The van der Waals surface area contributed by atoms with Crippen molar-refractivity contribution >= 4 is 24.4 Å². The van der Waals surface area contributed by atoms with Crippen LogP contribution in [0.1, 0.15) is 73.8 Å². The maximum absolute atomic E-state index is 12.5. The fourth-order valence-corrected chi connectivity index (χ4v) is 3.26. The molecule has 1 rings (SSSR count). The monoisotopic (exact) mass is 569 g/mol. The number of carboxylic acid groups (broad SMARTS) is 1. The van der Waals surface area contributed by atoms with E-state index in [-0.39, 0.29) is 42.1 Å². The lowest BCUT2D eigenvalue weighted by Gasteiger charge is -2.28. The van der Waals surface area contributed by atoms with Gasteiger partial charge in [0.15, 0.2) is 11.5 Å². The molecule has 0 aliphatic rings. The molecule has 0 heterocycles. The van der Waals surface area contributed by atoms with Gasteiger partial charge in [0.25, 0.3) is 0 Å². The fourth-order valence-electron chi connectivity index (χ4n) is 3.26. The molecule has 0 bridgehead atoms. The van der Waals surface area contributed by atoms with Crippen molar-refractivity contribution in [3.63, 3.8) is 0 Å². The molecule has 0 aliphatic heterocycles. The molecule has 2 unspecified atom stereocenters. The predicted molar refractivity (Wildman–Crippen MR) is 144 cm³/mol. The molecule has 0 radical (unpaired) electrons. The third-order valence-corrected chi connectivity index (χ3v) is 5.07. The topological polar surface area (TPSA) is 170 Å². The maximum atomic E-state index is 12.5. The van der Waals surface area contributed by atoms with Crippen molar-refractivity contribution in [3.8, 4) is 11.5 Å². The summed E-state index contributed by atoms with van der Waals surface area (Å²) in [7, 11) is 0. The van der Waals surface area contributed by atoms with Crippen molar-refractivity contribution in [2.45, 2.75) is 80.4 Å². The number of nitrogens with two attached hydrogens (primary N) is 1. The van der Waals surface area contributed by atoms with Crippen molar-refractivity contribution in [2.75, 3.05) is 19.8 Å². The predicted octanol–water partition coefficient (Wildman–Crippen LogP) is 5.50. The van der Waals surface area contributed by atoms with E-state index in [2.05, 4.69) is 0 Å². The lowest BCUT2D eigenvalue weighted by atomic mass is 9.82. The van der Waals surface area contributed by atoms with E-state index < -0.39 is 48.4 Å². The highest BCUT2D eigenvalue weighted by Crippen LogP contribution is 2.36. The number of aliphatic carboxylic acids is 1. The smallest absolute Gasteiger partial charge is 0.480 e. The normalized spacial score (nSPS) is 14.0. The Morgan fingerprint density at radius 2 is 1.30 bits per heavy atom. The van der Waals surface area contributed by atoms with Crippen LogP contribution < -0.4 is 15.2 Å². The molecule has 0 aliphatic carbocycles. The van der Waals surface area contributed by atoms with Crippen LogP contribution >= 0.6 is 0 Å². The van der Waals surface area contributed by atoms with Crippen LogP contribution in [0.5, 0.6) is 11.5 Å². The molecule has 226 valence electrons. The minimum Gasteiger partial charge on any atom is -0.480 e. The van der Waals surface area contributed by atoms with E-state index in [1.54, 1.807) is 20.8 Å². The first kappa shape index (κ1) is 34.5. The first-order chi connectivity index (χ1) is 18.3. The standard InChI is InChI=1S/C28H43NO11/c1-16(2)38-24(32)35-13-17(3)21(22(29)23(30)31)18-10-11-19(39-25(33)36-14-27(4,5)6)20(12-18)40-26(34)37-15-28(7,8)9/h10-12,16-17,21-22H,13-15,29H2,1-9H3,(H,30,31)/t17?,21?,22-/m0/s1. The molecular formula is C28H43NO11. The zero-order chi connectivity index (χ0) is 30.8. The molecule has 40 heavy (non-hydrogen) atoms. The Bertz CT molecular complexity index is 1020. The average molecular weight is 570 g/mol. The second-order valence-electron chi connectivity index (χ2n) is 12.2. The molecule has 1 aromatic carbocycles. The zero-order valence-corrected chi connectivity index (χ0v) is 24.8. The van der Waals surface area contributed by atoms with Gasteiger partial charge in [-0.15, -0.1) is 0 Å². The SMILES string of the molecule is CC(C)OC(=O)OCC(C)C(c1ccc(OC(=O)OCC(C)(C)C)c(OC(=O)OCC(C)(C)C)c1)[C@H](N)C(=O)O. The molecule has 3 atom stereocenters. The Morgan fingerprint density at radius 3 is 1.75 bits per heavy atom. The first-order valence-electron chi connectivity index (χ1n) is 12.9. The molecular weight excluding hydrogens is 526 g/mol. The van der Waals surface area contributed by atoms with Crippen LogP contribution in [-0.2, 0) is 23.7 Å². The summed E-state index contributed by atoms with van der Waals surface area (Å²) in [5, 5.41) is 9.67. The van der Waals surface area contributed by atoms with Gasteiger partial charge in [-0.05, 0) is 48.3 Å². The third kappa shape index (κ3) is 13.0. The van der Waals surface area contributed by atoms with E-state index in [9.17, 15) is 24.3 Å². The van der Waals surface area contributed by atoms with Gasteiger partial charge in [-0.25, -0.2) is 14.4 Å². The Morgan fingerprint density at radius 1 is 0.800 bits per heavy atom. The molecule has 1 aromatic rings. The van der Waals surface area contributed by atoms with Crippen LogP contribution in [0, 0.1) is 16.7 Å². The second-order valence-corrected chi connectivity index (χ2v) is 12.2. The van der Waals surface area contributed by atoms with Gasteiger partial charge in [0.1, 0.15) is 6.04 Å². The highest BCUT2D eigenvalue weighted by Gasteiger charge is 2.33. The molecule has 0 amide bonds.